The highest BCUT2D eigenvalue weighted by Crippen LogP contribution is 2.29. The zero-order valence-electron chi connectivity index (χ0n) is 18.2. The van der Waals surface area contributed by atoms with Gasteiger partial charge in [-0.1, -0.05) is 32.0 Å². The van der Waals surface area contributed by atoms with Crippen LogP contribution in [-0.2, 0) is 11.3 Å². The Kier molecular flexibility index (Phi) is 12.6. The molecule has 166 valence electrons. The van der Waals surface area contributed by atoms with E-state index < -0.39 is 0 Å². The summed E-state index contributed by atoms with van der Waals surface area (Å²) >= 11 is 0. The van der Waals surface area contributed by atoms with Crippen LogP contribution in [0.1, 0.15) is 45.6 Å². The predicted molar refractivity (Wildman–Crippen MR) is 132 cm³/mol. The fourth-order valence-corrected chi connectivity index (χ4v) is 3.71. The van der Waals surface area contributed by atoms with Crippen LogP contribution in [0.3, 0.4) is 0 Å². The maximum Gasteiger partial charge on any atom is 0.191 e. The Balaban J connectivity index is 0.00000420. The van der Waals surface area contributed by atoms with Gasteiger partial charge < -0.3 is 25.4 Å². The number of nitrogens with zero attached hydrogens (tertiary/aromatic N) is 2. The van der Waals surface area contributed by atoms with Gasteiger partial charge in [0.25, 0.3) is 0 Å². The summed E-state index contributed by atoms with van der Waals surface area (Å²) in [5.41, 5.74) is 2.59. The molecule has 0 unspecified atom stereocenters. The number of hydrogen-bond acceptors (Lipinski definition) is 4. The number of aliphatic imine (C=N–C) groups is 1. The molecule has 1 saturated heterocycles. The van der Waals surface area contributed by atoms with Gasteiger partial charge in [-0.05, 0) is 43.2 Å². The van der Waals surface area contributed by atoms with Crippen LogP contribution < -0.4 is 15.5 Å². The average Bonchev–Trinajstić information content (AvgIpc) is 2.75. The summed E-state index contributed by atoms with van der Waals surface area (Å²) in [5, 5.41) is 16.3. The van der Waals surface area contributed by atoms with Crippen molar-refractivity contribution < 1.29 is 9.84 Å². The second-order valence-corrected chi connectivity index (χ2v) is 7.46. The largest absolute Gasteiger partial charge is 0.396 e. The first kappa shape index (κ1) is 26.0. The monoisotopic (exact) mass is 518 g/mol. The summed E-state index contributed by atoms with van der Waals surface area (Å²) in [5.74, 6) is 0.837. The molecule has 1 aromatic carbocycles. The van der Waals surface area contributed by atoms with Crippen LogP contribution in [0.4, 0.5) is 5.69 Å². The fourth-order valence-electron chi connectivity index (χ4n) is 3.71. The molecule has 1 heterocycles. The van der Waals surface area contributed by atoms with E-state index in [2.05, 4.69) is 60.6 Å². The molecule has 1 fully saturated rings. The maximum atomic E-state index is 9.45. The Morgan fingerprint density at radius 1 is 1.14 bits per heavy atom. The third-order valence-electron chi connectivity index (χ3n) is 5.87. The van der Waals surface area contributed by atoms with Crippen molar-refractivity contribution in [1.29, 1.82) is 0 Å². The van der Waals surface area contributed by atoms with Crippen molar-refractivity contribution in [3.63, 3.8) is 0 Å². The van der Waals surface area contributed by atoms with Gasteiger partial charge in [0.2, 0.25) is 0 Å². The van der Waals surface area contributed by atoms with E-state index >= 15 is 0 Å². The van der Waals surface area contributed by atoms with E-state index in [4.69, 9.17) is 9.73 Å². The summed E-state index contributed by atoms with van der Waals surface area (Å²) in [6.07, 6.45) is 2.89. The second-order valence-electron chi connectivity index (χ2n) is 7.46. The molecule has 0 amide bonds. The molecule has 7 heteroatoms. The van der Waals surface area contributed by atoms with E-state index in [0.29, 0.717) is 6.54 Å². The molecule has 0 saturated carbocycles. The molecule has 1 aliphatic heterocycles. The van der Waals surface area contributed by atoms with Crippen molar-refractivity contribution in [2.45, 2.75) is 46.6 Å². The van der Waals surface area contributed by atoms with Gasteiger partial charge in [0.15, 0.2) is 5.96 Å². The van der Waals surface area contributed by atoms with Gasteiger partial charge in [0.05, 0.1) is 19.8 Å². The lowest BCUT2D eigenvalue weighted by atomic mass is 9.79. The molecule has 0 spiro atoms. The number of nitrogens with one attached hydrogen (secondary N) is 2. The topological polar surface area (TPSA) is 69.1 Å². The third kappa shape index (κ3) is 7.94. The number of aliphatic hydroxyl groups is 1. The summed E-state index contributed by atoms with van der Waals surface area (Å²) in [6.45, 7) is 12.4. The molecule has 0 radical (unpaired) electrons. The number of halogens is 1. The van der Waals surface area contributed by atoms with Gasteiger partial charge in [-0.15, -0.1) is 24.0 Å². The van der Waals surface area contributed by atoms with Crippen LogP contribution in [0.15, 0.2) is 29.3 Å². The number of aliphatic hydroxyl groups excluding tert-OH is 1. The van der Waals surface area contributed by atoms with Gasteiger partial charge in [0, 0.05) is 38.5 Å². The van der Waals surface area contributed by atoms with Gasteiger partial charge in [-0.2, -0.15) is 0 Å². The molecular formula is C22H39IN4O2. The highest BCUT2D eigenvalue weighted by Gasteiger charge is 2.25. The van der Waals surface area contributed by atoms with Crippen LogP contribution in [0.25, 0.3) is 0 Å². The Hall–Kier alpha value is -1.06. The fraction of sp³-hybridized carbons (Fsp3) is 0.682. The molecule has 6 nitrogen and oxygen atoms in total. The molecule has 0 aliphatic carbocycles. The number of hydrogen-bond donors (Lipinski definition) is 3. The van der Waals surface area contributed by atoms with Crippen LogP contribution in [0.5, 0.6) is 0 Å². The van der Waals surface area contributed by atoms with Crippen molar-refractivity contribution >= 4 is 35.6 Å². The number of para-hydroxylation sites is 1. The molecular weight excluding hydrogens is 479 g/mol. The number of morpholine rings is 1. The summed E-state index contributed by atoms with van der Waals surface area (Å²) in [7, 11) is 0. The van der Waals surface area contributed by atoms with Crippen LogP contribution in [0, 0.1) is 5.41 Å². The number of benzene rings is 1. The Bertz CT molecular complexity index is 602. The highest BCUT2D eigenvalue weighted by molar-refractivity contribution is 14.0. The van der Waals surface area contributed by atoms with Crippen molar-refractivity contribution in [2.75, 3.05) is 50.9 Å². The summed E-state index contributed by atoms with van der Waals surface area (Å²) in [4.78, 5) is 7.23. The Morgan fingerprint density at radius 2 is 1.83 bits per heavy atom. The molecule has 29 heavy (non-hydrogen) atoms. The lowest BCUT2D eigenvalue weighted by Crippen LogP contribution is -2.44. The molecule has 2 rings (SSSR count). The van der Waals surface area contributed by atoms with E-state index in [1.54, 1.807) is 0 Å². The van der Waals surface area contributed by atoms with Crippen LogP contribution >= 0.6 is 24.0 Å². The summed E-state index contributed by atoms with van der Waals surface area (Å²) < 4.78 is 5.49. The van der Waals surface area contributed by atoms with E-state index in [1.165, 1.54) is 11.3 Å². The summed E-state index contributed by atoms with van der Waals surface area (Å²) in [6, 6.07) is 8.51. The van der Waals surface area contributed by atoms with Crippen molar-refractivity contribution in [3.8, 4) is 0 Å². The van der Waals surface area contributed by atoms with E-state index in [1.807, 2.05) is 0 Å². The predicted octanol–water partition coefficient (Wildman–Crippen LogP) is 3.39. The SMILES string of the molecule is CCNC(=NCc1ccccc1N1CCOCC1)NCC(CC)(CC)CCO.I. The van der Waals surface area contributed by atoms with E-state index in [9.17, 15) is 5.11 Å². The molecule has 0 aromatic heterocycles. The minimum Gasteiger partial charge on any atom is -0.396 e. The smallest absolute Gasteiger partial charge is 0.191 e. The van der Waals surface area contributed by atoms with Gasteiger partial charge >= 0.3 is 0 Å². The van der Waals surface area contributed by atoms with Gasteiger partial charge in [0.1, 0.15) is 0 Å². The molecule has 1 aromatic rings. The highest BCUT2D eigenvalue weighted by atomic mass is 127. The minimum atomic E-state index is 0. The van der Waals surface area contributed by atoms with Crippen LogP contribution in [0.2, 0.25) is 0 Å². The second kappa shape index (κ2) is 14.0. The van der Waals surface area contributed by atoms with E-state index in [0.717, 1.165) is 64.6 Å². The number of ether oxygens (including phenoxy) is 1. The lowest BCUT2D eigenvalue weighted by molar-refractivity contribution is 0.122. The Morgan fingerprint density at radius 3 is 2.45 bits per heavy atom. The van der Waals surface area contributed by atoms with Crippen LogP contribution in [-0.4, -0.2) is 57.1 Å². The number of anilines is 1. The normalized spacial score (nSPS) is 15.0. The molecule has 0 bridgehead atoms. The molecule has 0 atom stereocenters. The standard InChI is InChI=1S/C22H38N4O2.HI/c1-4-22(5-2,11-14-27)18-25-21(23-6-3)24-17-19-9-7-8-10-20(19)26-12-15-28-16-13-26;/h7-10,27H,4-6,11-18H2,1-3H3,(H2,23,24,25);1H. The number of guanidine groups is 1. The average molecular weight is 518 g/mol. The maximum absolute atomic E-state index is 9.45. The first-order chi connectivity index (χ1) is 13.7. The first-order valence-corrected chi connectivity index (χ1v) is 10.7. The van der Waals surface area contributed by atoms with Crippen molar-refractivity contribution in [3.05, 3.63) is 29.8 Å². The van der Waals surface area contributed by atoms with Crippen molar-refractivity contribution in [2.24, 2.45) is 10.4 Å². The zero-order chi connectivity index (χ0) is 20.2. The van der Waals surface area contributed by atoms with Gasteiger partial charge in [-0.3, -0.25) is 0 Å². The molecule has 1 aliphatic rings. The first-order valence-electron chi connectivity index (χ1n) is 10.7. The number of rotatable bonds is 10. The zero-order valence-corrected chi connectivity index (χ0v) is 20.6. The van der Waals surface area contributed by atoms with E-state index in [-0.39, 0.29) is 36.0 Å². The Labute approximate surface area is 193 Å². The minimum absolute atomic E-state index is 0. The lowest BCUT2D eigenvalue weighted by Gasteiger charge is -2.32. The third-order valence-corrected chi connectivity index (χ3v) is 5.87. The molecule has 3 N–H and O–H groups in total. The quantitative estimate of drug-likeness (QED) is 0.252. The van der Waals surface area contributed by atoms with Crippen molar-refractivity contribution in [1.82, 2.24) is 10.6 Å². The van der Waals surface area contributed by atoms with Gasteiger partial charge in [-0.25, -0.2) is 4.99 Å².